The van der Waals surface area contributed by atoms with Gasteiger partial charge in [0.1, 0.15) is 5.76 Å². The zero-order valence-corrected chi connectivity index (χ0v) is 17.8. The number of hydrogen-bond acceptors (Lipinski definition) is 3. The summed E-state index contributed by atoms with van der Waals surface area (Å²) in [5.41, 5.74) is 2.89. The van der Waals surface area contributed by atoms with Gasteiger partial charge >= 0.3 is 5.97 Å². The quantitative estimate of drug-likeness (QED) is 0.389. The number of carbonyl (C=O) groups is 1. The minimum Gasteiger partial charge on any atom is -0.512 e. The molecule has 0 fully saturated rings. The molecule has 0 saturated carbocycles. The molecule has 31 heavy (non-hydrogen) atoms. The molecule has 0 aliphatic carbocycles. The van der Waals surface area contributed by atoms with E-state index in [1.165, 1.54) is 0 Å². The predicted octanol–water partition coefficient (Wildman–Crippen LogP) is 6.44. The molecule has 0 aromatic heterocycles. The lowest BCUT2D eigenvalue weighted by atomic mass is 9.78. The smallest absolute Gasteiger partial charge is 0.339 e. The van der Waals surface area contributed by atoms with E-state index in [0.29, 0.717) is 5.57 Å². The molecule has 1 atom stereocenters. The van der Waals surface area contributed by atoms with E-state index in [1.54, 1.807) is 0 Å². The van der Waals surface area contributed by atoms with Crippen LogP contribution in [0.2, 0.25) is 0 Å². The number of esters is 1. The minimum atomic E-state index is -1.07. The summed E-state index contributed by atoms with van der Waals surface area (Å²) in [4.78, 5) is 13.5. The molecule has 3 aromatic carbocycles. The minimum absolute atomic E-state index is 0.0651. The third-order valence-corrected chi connectivity index (χ3v) is 5.66. The first kappa shape index (κ1) is 20.7. The first-order valence-corrected chi connectivity index (χ1v) is 10.5. The van der Waals surface area contributed by atoms with Gasteiger partial charge in [-0.05, 0) is 19.4 Å². The Morgan fingerprint density at radius 1 is 0.871 bits per heavy atom. The van der Waals surface area contributed by atoms with Crippen LogP contribution in [-0.4, -0.2) is 11.1 Å². The highest BCUT2D eigenvalue weighted by Gasteiger charge is 2.46. The summed E-state index contributed by atoms with van der Waals surface area (Å²) in [5, 5.41) is 11.3. The molecule has 0 spiro atoms. The van der Waals surface area contributed by atoms with Crippen molar-refractivity contribution < 1.29 is 14.6 Å². The Hall–Kier alpha value is -3.59. The van der Waals surface area contributed by atoms with Gasteiger partial charge in [0, 0.05) is 17.0 Å². The lowest BCUT2D eigenvalue weighted by molar-refractivity contribution is -0.155. The molecule has 0 saturated heterocycles. The van der Waals surface area contributed by atoms with Crippen molar-refractivity contribution in [3.63, 3.8) is 0 Å². The van der Waals surface area contributed by atoms with Crippen LogP contribution >= 0.6 is 0 Å². The van der Waals surface area contributed by atoms with Crippen molar-refractivity contribution in [2.75, 3.05) is 0 Å². The second kappa shape index (κ2) is 8.65. The number of aliphatic hydroxyl groups is 1. The monoisotopic (exact) mass is 410 g/mol. The summed E-state index contributed by atoms with van der Waals surface area (Å²) in [7, 11) is 0. The number of cyclic esters (lactones) is 1. The van der Waals surface area contributed by atoms with Crippen molar-refractivity contribution >= 4 is 5.97 Å². The number of benzene rings is 3. The molecule has 1 unspecified atom stereocenters. The summed E-state index contributed by atoms with van der Waals surface area (Å²) in [6.07, 6.45) is 2.18. The first-order chi connectivity index (χ1) is 15.0. The average Bonchev–Trinajstić information content (AvgIpc) is 2.79. The fraction of sp³-hybridized carbons (Fsp3) is 0.179. The van der Waals surface area contributed by atoms with E-state index in [4.69, 9.17) is 4.74 Å². The SMILES string of the molecule is CC(C)=CC(C1=C(O)CC(c2ccccc2)(c2ccccc2)OC1=O)c1ccccc1. The molecule has 1 N–H and O–H groups in total. The Morgan fingerprint density at radius 2 is 1.35 bits per heavy atom. The van der Waals surface area contributed by atoms with Gasteiger partial charge in [0.05, 0.1) is 12.0 Å². The first-order valence-electron chi connectivity index (χ1n) is 10.5. The molecule has 0 bridgehead atoms. The van der Waals surface area contributed by atoms with Crippen LogP contribution in [0.1, 0.15) is 42.9 Å². The fourth-order valence-electron chi connectivity index (χ4n) is 4.25. The largest absolute Gasteiger partial charge is 0.512 e. The molecule has 3 heteroatoms. The van der Waals surface area contributed by atoms with Gasteiger partial charge in [-0.1, -0.05) is 103 Å². The van der Waals surface area contributed by atoms with E-state index in [1.807, 2.05) is 111 Å². The summed E-state index contributed by atoms with van der Waals surface area (Å²) >= 11 is 0. The normalized spacial score (nSPS) is 16.4. The van der Waals surface area contributed by atoms with Crippen LogP contribution in [0, 0.1) is 0 Å². The Labute approximate surface area is 183 Å². The summed E-state index contributed by atoms with van der Waals surface area (Å²) < 4.78 is 6.23. The maximum Gasteiger partial charge on any atom is 0.339 e. The molecular weight excluding hydrogens is 384 g/mol. The Morgan fingerprint density at radius 3 is 1.81 bits per heavy atom. The Bertz CT molecular complexity index is 1070. The van der Waals surface area contributed by atoms with Crippen LogP contribution in [0.3, 0.4) is 0 Å². The van der Waals surface area contributed by atoms with Gasteiger partial charge in [-0.15, -0.1) is 0 Å². The molecule has 3 nitrogen and oxygen atoms in total. The van der Waals surface area contributed by atoms with Crippen LogP contribution in [0.5, 0.6) is 0 Å². The van der Waals surface area contributed by atoms with E-state index in [-0.39, 0.29) is 18.1 Å². The van der Waals surface area contributed by atoms with Crippen LogP contribution in [0.15, 0.2) is 114 Å². The van der Waals surface area contributed by atoms with Gasteiger partial charge in [0.15, 0.2) is 5.60 Å². The van der Waals surface area contributed by atoms with Crippen molar-refractivity contribution in [3.8, 4) is 0 Å². The van der Waals surface area contributed by atoms with Crippen molar-refractivity contribution in [2.24, 2.45) is 0 Å². The second-order valence-corrected chi connectivity index (χ2v) is 8.12. The van der Waals surface area contributed by atoms with Gasteiger partial charge in [-0.25, -0.2) is 4.79 Å². The maximum absolute atomic E-state index is 13.5. The van der Waals surface area contributed by atoms with Crippen LogP contribution in [0.4, 0.5) is 0 Å². The summed E-state index contributed by atoms with van der Waals surface area (Å²) in [5.74, 6) is -0.804. The Balaban J connectivity index is 1.87. The van der Waals surface area contributed by atoms with Crippen LogP contribution < -0.4 is 0 Å². The number of rotatable bonds is 5. The highest BCUT2D eigenvalue weighted by molar-refractivity contribution is 5.93. The summed E-state index contributed by atoms with van der Waals surface area (Å²) in [6.45, 7) is 3.97. The standard InChI is InChI=1S/C28H26O3/c1-20(2)18-24(21-12-6-3-7-13-21)26-25(29)19-28(31-27(26)30,22-14-8-4-9-15-22)23-16-10-5-11-17-23/h3-18,24,29H,19H2,1-2H3. The topological polar surface area (TPSA) is 46.5 Å². The third-order valence-electron chi connectivity index (χ3n) is 5.66. The number of ether oxygens (including phenoxy) is 1. The lowest BCUT2D eigenvalue weighted by Gasteiger charge is -2.39. The van der Waals surface area contributed by atoms with Gasteiger partial charge in [0.25, 0.3) is 0 Å². The second-order valence-electron chi connectivity index (χ2n) is 8.12. The van der Waals surface area contributed by atoms with E-state index < -0.39 is 11.6 Å². The van der Waals surface area contributed by atoms with Gasteiger partial charge in [-0.3, -0.25) is 0 Å². The zero-order valence-electron chi connectivity index (χ0n) is 17.8. The lowest BCUT2D eigenvalue weighted by Crippen LogP contribution is -2.40. The van der Waals surface area contributed by atoms with Crippen molar-refractivity contribution in [1.82, 2.24) is 0 Å². The highest BCUT2D eigenvalue weighted by Crippen LogP contribution is 2.46. The van der Waals surface area contributed by atoms with E-state index >= 15 is 0 Å². The maximum atomic E-state index is 13.5. The Kier molecular flexibility index (Phi) is 5.77. The van der Waals surface area contributed by atoms with E-state index in [2.05, 4.69) is 0 Å². The van der Waals surface area contributed by atoms with E-state index in [9.17, 15) is 9.90 Å². The van der Waals surface area contributed by atoms with Crippen LogP contribution in [-0.2, 0) is 15.1 Å². The molecule has 0 radical (unpaired) electrons. The molecule has 1 aliphatic heterocycles. The molecule has 1 heterocycles. The molecule has 1 aliphatic rings. The van der Waals surface area contributed by atoms with Gasteiger partial charge in [0.2, 0.25) is 0 Å². The average molecular weight is 411 g/mol. The number of carbonyl (C=O) groups excluding carboxylic acids is 1. The van der Waals surface area contributed by atoms with E-state index in [0.717, 1.165) is 22.3 Å². The molecule has 4 rings (SSSR count). The van der Waals surface area contributed by atoms with Gasteiger partial charge < -0.3 is 9.84 Å². The molecular formula is C28H26O3. The van der Waals surface area contributed by atoms with Crippen molar-refractivity contribution in [1.29, 1.82) is 0 Å². The van der Waals surface area contributed by atoms with Crippen molar-refractivity contribution in [2.45, 2.75) is 31.8 Å². The summed E-state index contributed by atoms with van der Waals surface area (Å²) in [6, 6.07) is 29.0. The highest BCUT2D eigenvalue weighted by atomic mass is 16.6. The number of aliphatic hydroxyl groups excluding tert-OH is 1. The zero-order chi connectivity index (χ0) is 21.8. The molecule has 0 amide bonds. The van der Waals surface area contributed by atoms with Crippen molar-refractivity contribution in [3.05, 3.63) is 131 Å². The predicted molar refractivity (Wildman–Crippen MR) is 123 cm³/mol. The fourth-order valence-corrected chi connectivity index (χ4v) is 4.25. The van der Waals surface area contributed by atoms with Crippen LogP contribution in [0.25, 0.3) is 0 Å². The molecule has 3 aromatic rings. The number of allylic oxidation sites excluding steroid dienone is 2. The third kappa shape index (κ3) is 4.04. The van der Waals surface area contributed by atoms with Gasteiger partial charge in [-0.2, -0.15) is 0 Å². The number of hydrogen-bond donors (Lipinski definition) is 1. The molecule has 156 valence electrons.